The van der Waals surface area contributed by atoms with E-state index in [2.05, 4.69) is 0 Å². The van der Waals surface area contributed by atoms with Crippen LogP contribution in [0.4, 0.5) is 0 Å². The number of hydrogen-bond acceptors (Lipinski definition) is 9. The number of carboxylic acids is 1. The summed E-state index contributed by atoms with van der Waals surface area (Å²) < 4.78 is 24.9. The van der Waals surface area contributed by atoms with Gasteiger partial charge in [-0.1, -0.05) is 0 Å². The molecule has 244 valence electrons. The Labute approximate surface area is 258 Å². The van der Waals surface area contributed by atoms with Crippen molar-refractivity contribution in [1.82, 2.24) is 0 Å². The number of rotatable bonds is 7. The second-order valence-corrected chi connectivity index (χ2v) is 16.9. The van der Waals surface area contributed by atoms with Gasteiger partial charge in [0.05, 0.1) is 41.2 Å². The summed E-state index contributed by atoms with van der Waals surface area (Å²) in [5, 5.41) is 31.9. The Morgan fingerprint density at radius 3 is 1.66 bits per heavy atom. The molecule has 10 rings (SSSR count). The van der Waals surface area contributed by atoms with E-state index in [1.54, 1.807) is 0 Å². The summed E-state index contributed by atoms with van der Waals surface area (Å²) in [7, 11) is 0. The highest BCUT2D eigenvalue weighted by Crippen LogP contribution is 2.63. The number of ether oxygens (including phenoxy) is 4. The van der Waals surface area contributed by atoms with Gasteiger partial charge in [-0.2, -0.15) is 0 Å². The number of esters is 2. The fourth-order valence-corrected chi connectivity index (χ4v) is 12.2. The minimum Gasteiger partial charge on any atom is -0.481 e. The lowest BCUT2D eigenvalue weighted by Gasteiger charge is -2.59. The highest BCUT2D eigenvalue weighted by atomic mass is 16.7. The quantitative estimate of drug-likeness (QED) is 0.361. The van der Waals surface area contributed by atoms with Crippen LogP contribution in [0.2, 0.25) is 0 Å². The molecule has 1 saturated heterocycles. The molecule has 10 heteroatoms. The van der Waals surface area contributed by atoms with Crippen LogP contribution in [0, 0.1) is 46.3 Å². The summed E-state index contributed by atoms with van der Waals surface area (Å²) in [6.07, 6.45) is 10.2. The van der Waals surface area contributed by atoms with Crippen molar-refractivity contribution in [3.63, 3.8) is 0 Å². The van der Waals surface area contributed by atoms with E-state index in [-0.39, 0.29) is 37.7 Å². The average molecular weight is 617 g/mol. The molecule has 3 N–H and O–H groups in total. The molecule has 1 spiro atoms. The van der Waals surface area contributed by atoms with Crippen LogP contribution in [0.3, 0.4) is 0 Å². The highest BCUT2D eigenvalue weighted by Gasteiger charge is 2.63. The van der Waals surface area contributed by atoms with Crippen molar-refractivity contribution < 1.29 is 48.7 Å². The van der Waals surface area contributed by atoms with E-state index in [4.69, 9.17) is 18.9 Å². The van der Waals surface area contributed by atoms with Crippen LogP contribution < -0.4 is 0 Å². The van der Waals surface area contributed by atoms with Crippen molar-refractivity contribution in [2.45, 2.75) is 126 Å². The topological polar surface area (TPSA) is 149 Å². The number of carboxylic acid groups (broad SMARTS) is 1. The lowest BCUT2D eigenvalue weighted by Crippen LogP contribution is -2.60. The van der Waals surface area contributed by atoms with Crippen molar-refractivity contribution >= 4 is 17.9 Å². The monoisotopic (exact) mass is 616 g/mol. The molecule has 8 bridgehead atoms. The van der Waals surface area contributed by atoms with Crippen LogP contribution in [0.1, 0.15) is 103 Å². The fraction of sp³-hybridized carbons (Fsp3) is 0.912. The predicted octanol–water partition coefficient (Wildman–Crippen LogP) is 3.74. The summed E-state index contributed by atoms with van der Waals surface area (Å²) >= 11 is 0. The third kappa shape index (κ3) is 5.01. The van der Waals surface area contributed by atoms with Crippen LogP contribution in [0.25, 0.3) is 0 Å². The largest absolute Gasteiger partial charge is 0.481 e. The zero-order chi connectivity index (χ0) is 30.5. The SMILES string of the molecule is O=C(O)C1CCC2(CC1)OCC(C(COC(=O)C13CC4CC(CC(O)(C4)C1)C3)OC(=O)C13CC4CC(CC(O)(C4)C1)C3)CO2. The molecule has 1 heterocycles. The third-order valence-corrected chi connectivity index (χ3v) is 13.3. The maximum Gasteiger partial charge on any atom is 0.312 e. The van der Waals surface area contributed by atoms with Gasteiger partial charge < -0.3 is 34.3 Å². The molecule has 5 atom stereocenters. The Hall–Kier alpha value is -1.75. The molecule has 10 nitrogen and oxygen atoms in total. The van der Waals surface area contributed by atoms with Gasteiger partial charge in [-0.15, -0.1) is 0 Å². The van der Waals surface area contributed by atoms with Gasteiger partial charge in [0.15, 0.2) is 5.79 Å². The van der Waals surface area contributed by atoms with E-state index >= 15 is 0 Å². The van der Waals surface area contributed by atoms with Gasteiger partial charge in [-0.3, -0.25) is 14.4 Å². The maximum absolute atomic E-state index is 14.1. The second kappa shape index (κ2) is 10.1. The van der Waals surface area contributed by atoms with Crippen LogP contribution in [-0.4, -0.2) is 76.1 Å². The average Bonchev–Trinajstić information content (AvgIpc) is 2.93. The predicted molar refractivity (Wildman–Crippen MR) is 153 cm³/mol. The first-order valence-corrected chi connectivity index (χ1v) is 17.2. The molecule has 5 unspecified atom stereocenters. The van der Waals surface area contributed by atoms with E-state index in [0.29, 0.717) is 62.2 Å². The smallest absolute Gasteiger partial charge is 0.312 e. The third-order valence-electron chi connectivity index (χ3n) is 13.3. The van der Waals surface area contributed by atoms with Gasteiger partial charge >= 0.3 is 17.9 Å². The molecular formula is C34H48O10. The zero-order valence-electron chi connectivity index (χ0n) is 25.7. The van der Waals surface area contributed by atoms with Crippen LogP contribution >= 0.6 is 0 Å². The van der Waals surface area contributed by atoms with Crippen LogP contribution in [-0.2, 0) is 33.3 Å². The van der Waals surface area contributed by atoms with Crippen LogP contribution in [0.5, 0.6) is 0 Å². The second-order valence-electron chi connectivity index (χ2n) is 16.9. The number of carbonyl (C=O) groups is 3. The van der Waals surface area contributed by atoms with E-state index in [1.807, 2.05) is 0 Å². The molecule has 0 aromatic rings. The van der Waals surface area contributed by atoms with E-state index in [1.165, 1.54) is 0 Å². The zero-order valence-corrected chi connectivity index (χ0v) is 25.7. The van der Waals surface area contributed by atoms with Crippen molar-refractivity contribution in [3.8, 4) is 0 Å². The standard InChI is InChI=1S/C34H48O10/c35-27(36)24-1-3-34(4-2-24)42-15-25(16-43-34)26(44-29(38)31-9-22-6-23(10-31)14-33(40,13-22)19-31)17-41-28(37)30-7-20-5-21(8-30)12-32(39,11-20)18-30/h20-26,39-40H,1-19H2,(H,35,36). The Morgan fingerprint density at radius 2 is 1.20 bits per heavy atom. The molecule has 44 heavy (non-hydrogen) atoms. The highest BCUT2D eigenvalue weighted by molar-refractivity contribution is 5.79. The van der Waals surface area contributed by atoms with Crippen molar-refractivity contribution in [1.29, 1.82) is 0 Å². The summed E-state index contributed by atoms with van der Waals surface area (Å²) in [4.78, 5) is 39.3. The van der Waals surface area contributed by atoms with E-state index < -0.39 is 45.8 Å². The normalized spacial score (nSPS) is 50.9. The Morgan fingerprint density at radius 1 is 0.727 bits per heavy atom. The molecule has 0 amide bonds. The Bertz CT molecular complexity index is 1170. The lowest BCUT2D eigenvalue weighted by molar-refractivity contribution is -0.307. The summed E-state index contributed by atoms with van der Waals surface area (Å²) in [5.41, 5.74) is -2.98. The van der Waals surface area contributed by atoms with Gasteiger partial charge in [0.1, 0.15) is 12.7 Å². The van der Waals surface area contributed by atoms with Crippen molar-refractivity contribution in [3.05, 3.63) is 0 Å². The molecule has 0 radical (unpaired) electrons. The van der Waals surface area contributed by atoms with Gasteiger partial charge in [0, 0.05) is 18.8 Å². The molecule has 9 saturated carbocycles. The lowest BCUT2D eigenvalue weighted by atomic mass is 9.48. The molecule has 1 aliphatic heterocycles. The summed E-state index contributed by atoms with van der Waals surface area (Å²) in [6.45, 7) is 0.410. The number of carbonyl (C=O) groups excluding carboxylic acids is 2. The van der Waals surface area contributed by atoms with Gasteiger partial charge in [0.2, 0.25) is 0 Å². The van der Waals surface area contributed by atoms with Gasteiger partial charge in [-0.25, -0.2) is 0 Å². The van der Waals surface area contributed by atoms with Gasteiger partial charge in [0.25, 0.3) is 0 Å². The minimum absolute atomic E-state index is 0.0984. The Balaban J connectivity index is 0.976. The molecule has 0 aromatic heterocycles. The minimum atomic E-state index is -0.828. The summed E-state index contributed by atoms with van der Waals surface area (Å²) in [6, 6.07) is 0. The molecule has 9 aliphatic carbocycles. The van der Waals surface area contributed by atoms with Crippen LogP contribution in [0.15, 0.2) is 0 Å². The summed E-state index contributed by atoms with van der Waals surface area (Å²) in [5.74, 6) is -1.62. The number of aliphatic carboxylic acids is 1. The first kappa shape index (κ1) is 29.6. The fourth-order valence-electron chi connectivity index (χ4n) is 12.2. The maximum atomic E-state index is 14.1. The van der Waals surface area contributed by atoms with Crippen molar-refractivity contribution in [2.24, 2.45) is 46.3 Å². The van der Waals surface area contributed by atoms with E-state index in [0.717, 1.165) is 64.2 Å². The first-order valence-electron chi connectivity index (χ1n) is 17.2. The number of aliphatic hydroxyl groups is 2. The molecular weight excluding hydrogens is 568 g/mol. The van der Waals surface area contributed by atoms with Gasteiger partial charge in [-0.05, 0) is 114 Å². The molecule has 10 aliphatic rings. The molecule has 0 aromatic carbocycles. The Kier molecular flexibility index (Phi) is 6.82. The first-order chi connectivity index (χ1) is 20.9. The van der Waals surface area contributed by atoms with E-state index in [9.17, 15) is 29.7 Å². The van der Waals surface area contributed by atoms with Crippen molar-refractivity contribution in [2.75, 3.05) is 19.8 Å². The number of hydrogen-bond donors (Lipinski definition) is 3. The molecule has 10 fully saturated rings.